The van der Waals surface area contributed by atoms with Crippen molar-refractivity contribution < 1.29 is 0 Å². The van der Waals surface area contributed by atoms with Gasteiger partial charge in [-0.25, -0.2) is 4.98 Å². The third-order valence-electron chi connectivity index (χ3n) is 2.51. The summed E-state index contributed by atoms with van der Waals surface area (Å²) in [6.07, 6.45) is 3.21. The average molecular weight is 165 g/mol. The van der Waals surface area contributed by atoms with Gasteiger partial charge in [0.2, 0.25) is 0 Å². The van der Waals surface area contributed by atoms with E-state index in [2.05, 4.69) is 22.2 Å². The third kappa shape index (κ3) is 1.60. The summed E-state index contributed by atoms with van der Waals surface area (Å²) >= 11 is 0. The number of nitrogens with one attached hydrogen (secondary N) is 2. The van der Waals surface area contributed by atoms with E-state index in [1.54, 1.807) is 0 Å². The van der Waals surface area contributed by atoms with Gasteiger partial charge in [-0.1, -0.05) is 6.92 Å². The molecule has 2 unspecified atom stereocenters. The summed E-state index contributed by atoms with van der Waals surface area (Å²) in [5, 5.41) is 3.29. The molecule has 1 aromatic rings. The molecule has 1 fully saturated rings. The predicted octanol–water partition coefficient (Wildman–Crippen LogP) is 1.79. The molecule has 1 aliphatic carbocycles. The van der Waals surface area contributed by atoms with Crippen LogP contribution >= 0.6 is 0 Å². The van der Waals surface area contributed by atoms with Crippen molar-refractivity contribution in [1.82, 2.24) is 9.97 Å². The van der Waals surface area contributed by atoms with Gasteiger partial charge in [0.25, 0.3) is 0 Å². The molecule has 2 N–H and O–H groups in total. The zero-order valence-corrected chi connectivity index (χ0v) is 7.59. The normalized spacial score (nSPS) is 27.2. The monoisotopic (exact) mass is 165 g/mol. The second-order valence-corrected chi connectivity index (χ2v) is 3.77. The fourth-order valence-electron chi connectivity index (χ4n) is 1.41. The molecule has 12 heavy (non-hydrogen) atoms. The largest absolute Gasteiger partial charge is 0.356 e. The molecule has 0 aliphatic heterocycles. The van der Waals surface area contributed by atoms with Crippen LogP contribution in [-0.4, -0.2) is 16.5 Å². The topological polar surface area (TPSA) is 40.7 Å². The van der Waals surface area contributed by atoms with Gasteiger partial charge in [0.15, 0.2) is 5.95 Å². The van der Waals surface area contributed by atoms with Crippen molar-refractivity contribution in [1.29, 1.82) is 0 Å². The van der Waals surface area contributed by atoms with Gasteiger partial charge in [-0.2, -0.15) is 0 Å². The van der Waals surface area contributed by atoms with E-state index < -0.39 is 0 Å². The summed E-state index contributed by atoms with van der Waals surface area (Å²) in [6.45, 7) is 5.37. The van der Waals surface area contributed by atoms with Crippen molar-refractivity contribution in [3.05, 3.63) is 11.9 Å². The molecule has 1 heterocycles. The summed E-state index contributed by atoms with van der Waals surface area (Å²) < 4.78 is 0. The number of nitrogens with zero attached hydrogens (tertiary/aromatic N) is 1. The number of aromatic amines is 1. The molecule has 0 spiro atoms. The van der Waals surface area contributed by atoms with Crippen LogP contribution in [0.4, 0.5) is 5.95 Å². The Balaban J connectivity index is 1.80. The van der Waals surface area contributed by atoms with Gasteiger partial charge in [0.1, 0.15) is 0 Å². The van der Waals surface area contributed by atoms with Gasteiger partial charge in [-0.15, -0.1) is 0 Å². The molecule has 2 atom stereocenters. The molecule has 0 aromatic carbocycles. The van der Waals surface area contributed by atoms with Crippen molar-refractivity contribution in [3.8, 4) is 0 Å². The average Bonchev–Trinajstić information content (AvgIpc) is 2.56. The number of anilines is 1. The predicted molar refractivity (Wildman–Crippen MR) is 49.1 cm³/mol. The van der Waals surface area contributed by atoms with Gasteiger partial charge in [-0.3, -0.25) is 0 Å². The highest BCUT2D eigenvalue weighted by atomic mass is 15.1. The minimum atomic E-state index is 0.871. The summed E-state index contributed by atoms with van der Waals surface area (Å²) in [5.41, 5.74) is 1.11. The fraction of sp³-hybridized carbons (Fsp3) is 0.667. The smallest absolute Gasteiger partial charge is 0.200 e. The van der Waals surface area contributed by atoms with Crippen molar-refractivity contribution in [3.63, 3.8) is 0 Å². The number of aryl methyl sites for hydroxylation is 1. The first-order chi connectivity index (χ1) is 5.75. The van der Waals surface area contributed by atoms with E-state index in [0.717, 1.165) is 30.0 Å². The lowest BCUT2D eigenvalue weighted by atomic mass is 10.3. The van der Waals surface area contributed by atoms with E-state index in [9.17, 15) is 0 Å². The molecule has 0 bridgehead atoms. The van der Waals surface area contributed by atoms with E-state index >= 15 is 0 Å². The summed E-state index contributed by atoms with van der Waals surface area (Å²) in [7, 11) is 0. The number of hydrogen-bond donors (Lipinski definition) is 2. The van der Waals surface area contributed by atoms with Crippen molar-refractivity contribution >= 4 is 5.95 Å². The lowest BCUT2D eigenvalue weighted by Crippen LogP contribution is -2.05. The molecule has 0 amide bonds. The van der Waals surface area contributed by atoms with E-state index in [1.165, 1.54) is 6.42 Å². The minimum absolute atomic E-state index is 0.871. The third-order valence-corrected chi connectivity index (χ3v) is 2.51. The SMILES string of the molecule is Cc1cnc(NCC2CC2C)[nH]1. The summed E-state index contributed by atoms with van der Waals surface area (Å²) in [6, 6.07) is 0. The Morgan fingerprint density at radius 3 is 3.00 bits per heavy atom. The van der Waals surface area contributed by atoms with Crippen LogP contribution in [0, 0.1) is 18.8 Å². The van der Waals surface area contributed by atoms with Crippen molar-refractivity contribution in [2.75, 3.05) is 11.9 Å². The molecule has 2 rings (SSSR count). The zero-order valence-electron chi connectivity index (χ0n) is 7.59. The van der Waals surface area contributed by atoms with Gasteiger partial charge in [0.05, 0.1) is 0 Å². The highest BCUT2D eigenvalue weighted by Crippen LogP contribution is 2.37. The maximum Gasteiger partial charge on any atom is 0.200 e. The highest BCUT2D eigenvalue weighted by Gasteiger charge is 2.31. The van der Waals surface area contributed by atoms with Crippen LogP contribution in [0.5, 0.6) is 0 Å². The van der Waals surface area contributed by atoms with E-state index in [-0.39, 0.29) is 0 Å². The van der Waals surface area contributed by atoms with Gasteiger partial charge < -0.3 is 10.3 Å². The molecule has 1 saturated carbocycles. The second kappa shape index (κ2) is 2.81. The van der Waals surface area contributed by atoms with Crippen LogP contribution < -0.4 is 5.32 Å². The van der Waals surface area contributed by atoms with E-state index in [1.807, 2.05) is 13.1 Å². The molecule has 3 heteroatoms. The molecule has 0 saturated heterocycles. The molecular formula is C9H15N3. The van der Waals surface area contributed by atoms with Gasteiger partial charge >= 0.3 is 0 Å². The van der Waals surface area contributed by atoms with E-state index in [4.69, 9.17) is 0 Å². The number of aromatic nitrogens is 2. The molecule has 3 nitrogen and oxygen atoms in total. The van der Waals surface area contributed by atoms with Crippen molar-refractivity contribution in [2.45, 2.75) is 20.3 Å². The lowest BCUT2D eigenvalue weighted by Gasteiger charge is -1.99. The number of hydrogen-bond acceptors (Lipinski definition) is 2. The Kier molecular flexibility index (Phi) is 1.79. The maximum atomic E-state index is 4.17. The number of rotatable bonds is 3. The maximum absolute atomic E-state index is 4.17. The first-order valence-corrected chi connectivity index (χ1v) is 4.51. The lowest BCUT2D eigenvalue weighted by molar-refractivity contribution is 0.782. The Morgan fingerprint density at radius 2 is 2.50 bits per heavy atom. The Labute approximate surface area is 72.6 Å². The van der Waals surface area contributed by atoms with Crippen molar-refractivity contribution in [2.24, 2.45) is 11.8 Å². The van der Waals surface area contributed by atoms with Crippen LogP contribution in [0.2, 0.25) is 0 Å². The van der Waals surface area contributed by atoms with E-state index in [0.29, 0.717) is 0 Å². The first-order valence-electron chi connectivity index (χ1n) is 4.51. The Hall–Kier alpha value is -0.990. The van der Waals surface area contributed by atoms with Crippen LogP contribution in [0.3, 0.4) is 0 Å². The molecule has 0 radical (unpaired) electrons. The molecular weight excluding hydrogens is 150 g/mol. The minimum Gasteiger partial charge on any atom is -0.356 e. The van der Waals surface area contributed by atoms with Crippen LogP contribution in [0.1, 0.15) is 19.0 Å². The molecule has 1 aromatic heterocycles. The highest BCUT2D eigenvalue weighted by molar-refractivity contribution is 5.26. The Morgan fingerprint density at radius 1 is 1.75 bits per heavy atom. The molecule has 66 valence electrons. The molecule has 1 aliphatic rings. The van der Waals surface area contributed by atoms with Crippen LogP contribution in [0.15, 0.2) is 6.20 Å². The van der Waals surface area contributed by atoms with Crippen LogP contribution in [-0.2, 0) is 0 Å². The quantitative estimate of drug-likeness (QED) is 0.716. The number of H-pyrrole nitrogens is 1. The zero-order chi connectivity index (χ0) is 8.55. The first kappa shape index (κ1) is 7.65. The number of imidazole rings is 1. The Bertz CT molecular complexity index is 266. The summed E-state index contributed by atoms with van der Waals surface area (Å²) in [5.74, 6) is 2.69. The van der Waals surface area contributed by atoms with Gasteiger partial charge in [0, 0.05) is 18.4 Å². The van der Waals surface area contributed by atoms with Gasteiger partial charge in [-0.05, 0) is 25.2 Å². The summed E-state index contributed by atoms with van der Waals surface area (Å²) in [4.78, 5) is 7.33. The second-order valence-electron chi connectivity index (χ2n) is 3.77. The fourth-order valence-corrected chi connectivity index (χ4v) is 1.41. The van der Waals surface area contributed by atoms with Crippen LogP contribution in [0.25, 0.3) is 0 Å². The standard InChI is InChI=1S/C9H15N3/c1-6-3-8(6)5-11-9-10-4-7(2)12-9/h4,6,8H,3,5H2,1-2H3,(H2,10,11,12).